The van der Waals surface area contributed by atoms with E-state index in [4.69, 9.17) is 23.2 Å². The van der Waals surface area contributed by atoms with Crippen LogP contribution in [0, 0.1) is 0 Å². The predicted molar refractivity (Wildman–Crippen MR) is 65.3 cm³/mol. The standard InChI is InChI=1S/C11H10Cl2F3NO2/c1-17(10(18)19-6-11(14,15)16)5-7-3-2-4-8(12)9(7)13/h2-4H,5-6H2,1H3. The number of halogens is 5. The van der Waals surface area contributed by atoms with Crippen molar-refractivity contribution in [3.63, 3.8) is 0 Å². The van der Waals surface area contributed by atoms with Gasteiger partial charge in [0.15, 0.2) is 6.61 Å². The molecule has 0 saturated carbocycles. The first kappa shape index (κ1) is 15.9. The van der Waals surface area contributed by atoms with Gasteiger partial charge in [0, 0.05) is 7.05 Å². The van der Waals surface area contributed by atoms with Crippen molar-refractivity contribution in [2.75, 3.05) is 13.7 Å². The molecule has 106 valence electrons. The number of carbonyl (C=O) groups is 1. The van der Waals surface area contributed by atoms with Crippen LogP contribution in [0.25, 0.3) is 0 Å². The van der Waals surface area contributed by atoms with Crippen molar-refractivity contribution in [3.05, 3.63) is 33.8 Å². The van der Waals surface area contributed by atoms with E-state index in [1.54, 1.807) is 18.2 Å². The summed E-state index contributed by atoms with van der Waals surface area (Å²) in [6, 6.07) is 4.80. The first-order valence-corrected chi connectivity index (χ1v) is 5.84. The Labute approximate surface area is 117 Å². The summed E-state index contributed by atoms with van der Waals surface area (Å²) in [5.41, 5.74) is 0.514. The summed E-state index contributed by atoms with van der Waals surface area (Å²) in [5, 5.41) is 0.552. The van der Waals surface area contributed by atoms with Crippen LogP contribution in [-0.4, -0.2) is 30.8 Å². The number of amides is 1. The average Bonchev–Trinajstić information content (AvgIpc) is 2.31. The van der Waals surface area contributed by atoms with Gasteiger partial charge in [0.2, 0.25) is 0 Å². The Morgan fingerprint density at radius 1 is 1.37 bits per heavy atom. The molecule has 0 aliphatic rings. The number of ether oxygens (including phenoxy) is 1. The average molecular weight is 316 g/mol. The summed E-state index contributed by atoms with van der Waals surface area (Å²) < 4.78 is 39.8. The lowest BCUT2D eigenvalue weighted by molar-refractivity contribution is -0.162. The first-order chi connectivity index (χ1) is 8.70. The zero-order valence-corrected chi connectivity index (χ0v) is 11.3. The summed E-state index contributed by atoms with van der Waals surface area (Å²) >= 11 is 11.7. The Bertz CT molecular complexity index is 466. The molecule has 1 aromatic carbocycles. The van der Waals surface area contributed by atoms with E-state index in [2.05, 4.69) is 4.74 Å². The fraction of sp³-hybridized carbons (Fsp3) is 0.364. The van der Waals surface area contributed by atoms with E-state index in [-0.39, 0.29) is 11.6 Å². The molecule has 0 bridgehead atoms. The van der Waals surface area contributed by atoms with Gasteiger partial charge in [-0.1, -0.05) is 35.3 Å². The van der Waals surface area contributed by atoms with Crippen molar-refractivity contribution in [3.8, 4) is 0 Å². The topological polar surface area (TPSA) is 29.5 Å². The summed E-state index contributed by atoms with van der Waals surface area (Å²) in [5.74, 6) is 0. The van der Waals surface area contributed by atoms with Crippen LogP contribution in [0.2, 0.25) is 10.0 Å². The molecule has 1 amide bonds. The smallest absolute Gasteiger partial charge is 0.422 e. The molecule has 0 spiro atoms. The van der Waals surface area contributed by atoms with Gasteiger partial charge >= 0.3 is 12.3 Å². The highest BCUT2D eigenvalue weighted by Crippen LogP contribution is 2.26. The third-order valence-corrected chi connectivity index (χ3v) is 2.97. The quantitative estimate of drug-likeness (QED) is 0.839. The normalized spacial score (nSPS) is 11.3. The van der Waals surface area contributed by atoms with Crippen LogP contribution < -0.4 is 0 Å². The molecule has 1 rings (SSSR count). The molecule has 19 heavy (non-hydrogen) atoms. The number of alkyl halides is 3. The van der Waals surface area contributed by atoms with Crippen LogP contribution in [0.4, 0.5) is 18.0 Å². The van der Waals surface area contributed by atoms with Crippen molar-refractivity contribution in [2.45, 2.75) is 12.7 Å². The maximum absolute atomic E-state index is 11.9. The van der Waals surface area contributed by atoms with E-state index in [9.17, 15) is 18.0 Å². The maximum Gasteiger partial charge on any atom is 0.422 e. The van der Waals surface area contributed by atoms with Gasteiger partial charge in [0.05, 0.1) is 16.6 Å². The Balaban J connectivity index is 2.62. The van der Waals surface area contributed by atoms with Gasteiger partial charge in [0.25, 0.3) is 0 Å². The summed E-state index contributed by atoms with van der Waals surface area (Å²) in [7, 11) is 1.30. The van der Waals surface area contributed by atoms with Gasteiger partial charge in [-0.3, -0.25) is 0 Å². The number of hydrogen-bond donors (Lipinski definition) is 0. The van der Waals surface area contributed by atoms with Crippen molar-refractivity contribution < 1.29 is 22.7 Å². The summed E-state index contributed by atoms with van der Waals surface area (Å²) in [4.78, 5) is 12.3. The highest BCUT2D eigenvalue weighted by atomic mass is 35.5. The van der Waals surface area contributed by atoms with Crippen LogP contribution in [0.5, 0.6) is 0 Å². The van der Waals surface area contributed by atoms with E-state index in [1.165, 1.54) is 7.05 Å². The molecule has 0 aliphatic heterocycles. The van der Waals surface area contributed by atoms with Crippen molar-refractivity contribution >= 4 is 29.3 Å². The highest BCUT2D eigenvalue weighted by molar-refractivity contribution is 6.42. The zero-order valence-electron chi connectivity index (χ0n) is 9.80. The molecule has 0 aliphatic carbocycles. The Morgan fingerprint density at radius 2 is 2.00 bits per heavy atom. The Hall–Kier alpha value is -1.14. The lowest BCUT2D eigenvalue weighted by Crippen LogP contribution is -2.30. The molecule has 8 heteroatoms. The molecule has 0 unspecified atom stereocenters. The number of benzene rings is 1. The monoisotopic (exact) mass is 315 g/mol. The van der Waals surface area contributed by atoms with E-state index in [0.717, 1.165) is 4.90 Å². The molecule has 0 N–H and O–H groups in total. The molecule has 0 radical (unpaired) electrons. The number of rotatable bonds is 3. The van der Waals surface area contributed by atoms with Gasteiger partial charge < -0.3 is 9.64 Å². The van der Waals surface area contributed by atoms with Crippen molar-refractivity contribution in [2.24, 2.45) is 0 Å². The molecule has 0 aromatic heterocycles. The second-order valence-corrected chi connectivity index (χ2v) is 4.52. The van der Waals surface area contributed by atoms with Gasteiger partial charge in [-0.25, -0.2) is 4.79 Å². The van der Waals surface area contributed by atoms with E-state index in [1.807, 2.05) is 0 Å². The lowest BCUT2D eigenvalue weighted by Gasteiger charge is -2.18. The minimum Gasteiger partial charge on any atom is -0.440 e. The lowest BCUT2D eigenvalue weighted by atomic mass is 10.2. The molecule has 3 nitrogen and oxygen atoms in total. The van der Waals surface area contributed by atoms with Crippen LogP contribution in [-0.2, 0) is 11.3 Å². The second kappa shape index (κ2) is 6.34. The Morgan fingerprint density at radius 3 is 2.58 bits per heavy atom. The van der Waals surface area contributed by atoms with Gasteiger partial charge in [-0.15, -0.1) is 0 Å². The van der Waals surface area contributed by atoms with Crippen molar-refractivity contribution in [1.29, 1.82) is 0 Å². The zero-order chi connectivity index (χ0) is 14.6. The van der Waals surface area contributed by atoms with Gasteiger partial charge in [-0.05, 0) is 11.6 Å². The number of nitrogens with zero attached hydrogens (tertiary/aromatic N) is 1. The fourth-order valence-electron chi connectivity index (χ4n) is 1.24. The van der Waals surface area contributed by atoms with Gasteiger partial charge in [0.1, 0.15) is 0 Å². The summed E-state index contributed by atoms with van der Waals surface area (Å²) in [6.45, 7) is -1.63. The molecule has 1 aromatic rings. The van der Waals surface area contributed by atoms with Crippen molar-refractivity contribution in [1.82, 2.24) is 4.90 Å². The minimum atomic E-state index is -4.55. The largest absolute Gasteiger partial charge is 0.440 e. The molecule has 0 saturated heterocycles. The molecular formula is C11H10Cl2F3NO2. The number of carbonyl (C=O) groups excluding carboxylic acids is 1. The van der Waals surface area contributed by atoms with Crippen LogP contribution in [0.3, 0.4) is 0 Å². The van der Waals surface area contributed by atoms with Crippen LogP contribution in [0.1, 0.15) is 5.56 Å². The van der Waals surface area contributed by atoms with E-state index in [0.29, 0.717) is 10.6 Å². The first-order valence-electron chi connectivity index (χ1n) is 5.08. The highest BCUT2D eigenvalue weighted by Gasteiger charge is 2.30. The van der Waals surface area contributed by atoms with Gasteiger partial charge in [-0.2, -0.15) is 13.2 Å². The molecule has 0 heterocycles. The molecule has 0 fully saturated rings. The van der Waals surface area contributed by atoms with E-state index < -0.39 is 18.9 Å². The summed E-state index contributed by atoms with van der Waals surface area (Å²) in [6.07, 6.45) is -5.64. The second-order valence-electron chi connectivity index (χ2n) is 3.74. The minimum absolute atomic E-state index is 0.00389. The third-order valence-electron chi connectivity index (χ3n) is 2.11. The molecular weight excluding hydrogens is 306 g/mol. The third kappa shape index (κ3) is 5.16. The SMILES string of the molecule is CN(Cc1cccc(Cl)c1Cl)C(=O)OCC(F)(F)F. The fourth-order valence-corrected chi connectivity index (χ4v) is 1.62. The van der Waals surface area contributed by atoms with Crippen LogP contribution >= 0.6 is 23.2 Å². The Kier molecular flexibility index (Phi) is 5.31. The predicted octanol–water partition coefficient (Wildman–Crippen LogP) is 4.12. The molecule has 0 atom stereocenters. The maximum atomic E-state index is 11.9. The van der Waals surface area contributed by atoms with E-state index >= 15 is 0 Å². The van der Waals surface area contributed by atoms with Crippen LogP contribution in [0.15, 0.2) is 18.2 Å². The number of hydrogen-bond acceptors (Lipinski definition) is 2.